The minimum Gasteiger partial charge on any atom is -0.372 e. The van der Waals surface area contributed by atoms with Crippen molar-refractivity contribution >= 4 is 34.5 Å². The van der Waals surface area contributed by atoms with Crippen LogP contribution in [0.1, 0.15) is 48.6 Å². The molecule has 0 amide bonds. The molecular formula is C31H28N4O3S. The molecule has 0 fully saturated rings. The minimum atomic E-state index is -0.448. The van der Waals surface area contributed by atoms with Gasteiger partial charge in [-0.15, -0.1) is 0 Å². The van der Waals surface area contributed by atoms with Gasteiger partial charge in [0.15, 0.2) is 4.80 Å². The number of hydrogen-bond acceptors (Lipinski definition) is 6. The third kappa shape index (κ3) is 4.40. The Morgan fingerprint density at radius 2 is 1.82 bits per heavy atom. The second-order valence-electron chi connectivity index (χ2n) is 9.73. The van der Waals surface area contributed by atoms with Gasteiger partial charge in [0.25, 0.3) is 11.2 Å². The molecule has 8 heteroatoms. The van der Waals surface area contributed by atoms with Crippen molar-refractivity contribution < 1.29 is 4.92 Å². The van der Waals surface area contributed by atoms with Crippen LogP contribution in [-0.4, -0.2) is 22.6 Å². The summed E-state index contributed by atoms with van der Waals surface area (Å²) < 4.78 is 2.32. The molecule has 196 valence electrons. The first-order valence-corrected chi connectivity index (χ1v) is 14.0. The SMILES string of the molecule is CCN(CC)c1ccc(C=c2sc3n(c2=O)C(c2cccc([N+](=O)[O-])c2)C2=C(N=3)c3ccccc3CC2)cc1. The van der Waals surface area contributed by atoms with Crippen LogP contribution in [0.2, 0.25) is 0 Å². The topological polar surface area (TPSA) is 80.7 Å². The fraction of sp³-hybridized carbons (Fsp3) is 0.226. The zero-order valence-corrected chi connectivity index (χ0v) is 22.6. The van der Waals surface area contributed by atoms with Crippen molar-refractivity contribution in [1.29, 1.82) is 0 Å². The lowest BCUT2D eigenvalue weighted by molar-refractivity contribution is -0.384. The third-order valence-electron chi connectivity index (χ3n) is 7.59. The molecule has 2 aliphatic rings. The molecule has 0 saturated heterocycles. The first-order chi connectivity index (χ1) is 19.0. The summed E-state index contributed by atoms with van der Waals surface area (Å²) >= 11 is 1.37. The summed E-state index contributed by atoms with van der Waals surface area (Å²) in [7, 11) is 0. The molecule has 0 saturated carbocycles. The summed E-state index contributed by atoms with van der Waals surface area (Å²) in [5.74, 6) is 0. The summed E-state index contributed by atoms with van der Waals surface area (Å²) in [4.78, 5) is 33.1. The highest BCUT2D eigenvalue weighted by atomic mass is 32.1. The van der Waals surface area contributed by atoms with Gasteiger partial charge in [-0.05, 0) is 67.2 Å². The average molecular weight is 537 g/mol. The molecule has 1 aliphatic carbocycles. The van der Waals surface area contributed by atoms with Gasteiger partial charge in [0.05, 0.1) is 21.2 Å². The Morgan fingerprint density at radius 1 is 1.05 bits per heavy atom. The van der Waals surface area contributed by atoms with Crippen LogP contribution in [0.3, 0.4) is 0 Å². The highest BCUT2D eigenvalue weighted by Gasteiger charge is 2.33. The molecule has 1 atom stereocenters. The van der Waals surface area contributed by atoms with Gasteiger partial charge in [0, 0.05) is 36.5 Å². The number of nitro benzene ring substituents is 1. The first kappa shape index (κ1) is 25.0. The second kappa shape index (κ2) is 10.1. The lowest BCUT2D eigenvalue weighted by atomic mass is 9.83. The van der Waals surface area contributed by atoms with E-state index in [1.165, 1.54) is 23.0 Å². The van der Waals surface area contributed by atoms with Gasteiger partial charge in [-0.25, -0.2) is 4.99 Å². The molecular weight excluding hydrogens is 508 g/mol. The van der Waals surface area contributed by atoms with Crippen molar-refractivity contribution in [1.82, 2.24) is 4.57 Å². The fourth-order valence-corrected chi connectivity index (χ4v) is 6.65. The van der Waals surface area contributed by atoms with Gasteiger partial charge in [-0.2, -0.15) is 0 Å². The van der Waals surface area contributed by atoms with Crippen LogP contribution in [-0.2, 0) is 6.42 Å². The highest BCUT2D eigenvalue weighted by Crippen LogP contribution is 2.41. The van der Waals surface area contributed by atoms with E-state index in [4.69, 9.17) is 4.99 Å². The minimum absolute atomic E-state index is 0.0123. The lowest BCUT2D eigenvalue weighted by Crippen LogP contribution is -2.38. The largest absolute Gasteiger partial charge is 0.372 e. The van der Waals surface area contributed by atoms with E-state index in [1.807, 2.05) is 36.4 Å². The highest BCUT2D eigenvalue weighted by molar-refractivity contribution is 7.07. The molecule has 0 N–H and O–H groups in total. The molecule has 39 heavy (non-hydrogen) atoms. The predicted molar refractivity (Wildman–Crippen MR) is 156 cm³/mol. The number of anilines is 1. The standard InChI is InChI=1S/C31H28N4O3S/c1-3-33(4-2)23-15-12-20(13-16-23)18-27-30(36)34-29(22-9-7-10-24(19-22)35(37)38)26-17-14-21-8-5-6-11-25(21)28(26)32-31(34)39-27/h5-13,15-16,18-19,29H,3-4,14,17H2,1-2H3. The Labute approximate surface area is 229 Å². The molecule has 3 aromatic carbocycles. The molecule has 4 aromatic rings. The van der Waals surface area contributed by atoms with E-state index in [0.717, 1.165) is 59.6 Å². The number of thiazole rings is 1. The number of benzene rings is 3. The van der Waals surface area contributed by atoms with Gasteiger partial charge in [-0.3, -0.25) is 19.5 Å². The number of nitro groups is 1. The van der Waals surface area contributed by atoms with Gasteiger partial charge in [0.2, 0.25) is 0 Å². The van der Waals surface area contributed by atoms with Crippen LogP contribution < -0.4 is 19.8 Å². The van der Waals surface area contributed by atoms with Gasteiger partial charge in [0.1, 0.15) is 0 Å². The van der Waals surface area contributed by atoms with E-state index in [9.17, 15) is 14.9 Å². The lowest BCUT2D eigenvalue weighted by Gasteiger charge is -2.30. The van der Waals surface area contributed by atoms with E-state index in [0.29, 0.717) is 9.33 Å². The van der Waals surface area contributed by atoms with Crippen molar-refractivity contribution in [2.45, 2.75) is 32.7 Å². The Morgan fingerprint density at radius 3 is 2.56 bits per heavy atom. The van der Waals surface area contributed by atoms with Crippen molar-refractivity contribution in [3.63, 3.8) is 0 Å². The summed E-state index contributed by atoms with van der Waals surface area (Å²) in [6.07, 6.45) is 3.48. The van der Waals surface area contributed by atoms with E-state index in [1.54, 1.807) is 16.7 Å². The molecule has 0 spiro atoms. The Hall–Kier alpha value is -4.30. The fourth-order valence-electron chi connectivity index (χ4n) is 5.65. The molecule has 2 heterocycles. The molecule has 7 nitrogen and oxygen atoms in total. The number of hydrogen-bond donors (Lipinski definition) is 0. The number of fused-ring (bicyclic) bond motifs is 3. The summed E-state index contributed by atoms with van der Waals surface area (Å²) in [6.45, 7) is 6.13. The summed E-state index contributed by atoms with van der Waals surface area (Å²) in [5, 5.41) is 11.6. The summed E-state index contributed by atoms with van der Waals surface area (Å²) in [5.41, 5.74) is 6.90. The monoisotopic (exact) mass is 536 g/mol. The van der Waals surface area contributed by atoms with Gasteiger partial charge < -0.3 is 4.90 Å². The Kier molecular flexibility index (Phi) is 6.48. The van der Waals surface area contributed by atoms with Gasteiger partial charge >= 0.3 is 0 Å². The van der Waals surface area contributed by atoms with E-state index in [2.05, 4.69) is 43.0 Å². The zero-order chi connectivity index (χ0) is 27.1. The number of non-ortho nitro benzene ring substituents is 1. The number of rotatable bonds is 6. The molecule has 6 rings (SSSR count). The van der Waals surface area contributed by atoms with E-state index in [-0.39, 0.29) is 16.2 Å². The molecule has 1 aliphatic heterocycles. The van der Waals surface area contributed by atoms with Crippen LogP contribution in [0.25, 0.3) is 11.8 Å². The number of nitrogens with zero attached hydrogens (tertiary/aromatic N) is 4. The smallest absolute Gasteiger partial charge is 0.271 e. The zero-order valence-electron chi connectivity index (χ0n) is 21.8. The summed E-state index contributed by atoms with van der Waals surface area (Å²) in [6, 6.07) is 22.6. The predicted octanol–water partition coefficient (Wildman–Crippen LogP) is 5.07. The third-order valence-corrected chi connectivity index (χ3v) is 8.57. The molecule has 1 unspecified atom stereocenters. The van der Waals surface area contributed by atoms with Crippen LogP contribution in [0.5, 0.6) is 0 Å². The van der Waals surface area contributed by atoms with Crippen LogP contribution in [0.4, 0.5) is 11.4 Å². The number of aryl methyl sites for hydroxylation is 1. The van der Waals surface area contributed by atoms with Crippen LogP contribution >= 0.6 is 11.3 Å². The number of aromatic nitrogens is 1. The Balaban J connectivity index is 1.54. The maximum Gasteiger partial charge on any atom is 0.271 e. The van der Waals surface area contributed by atoms with Crippen molar-refractivity contribution in [3.8, 4) is 0 Å². The molecule has 0 radical (unpaired) electrons. The maximum atomic E-state index is 13.9. The quantitative estimate of drug-likeness (QED) is 0.254. The molecule has 1 aromatic heterocycles. The van der Waals surface area contributed by atoms with E-state index >= 15 is 0 Å². The van der Waals surface area contributed by atoms with Gasteiger partial charge in [-0.1, -0.05) is 59.9 Å². The Bertz CT molecular complexity index is 1800. The number of allylic oxidation sites excluding steroid dienone is 1. The van der Waals surface area contributed by atoms with Crippen LogP contribution in [0, 0.1) is 10.1 Å². The van der Waals surface area contributed by atoms with Crippen molar-refractivity contribution in [2.75, 3.05) is 18.0 Å². The first-order valence-electron chi connectivity index (χ1n) is 13.2. The van der Waals surface area contributed by atoms with E-state index < -0.39 is 6.04 Å². The van der Waals surface area contributed by atoms with Crippen molar-refractivity contribution in [3.05, 3.63) is 130 Å². The maximum absolute atomic E-state index is 13.9. The van der Waals surface area contributed by atoms with Crippen molar-refractivity contribution in [2.24, 2.45) is 4.99 Å². The average Bonchev–Trinajstić information content (AvgIpc) is 3.27. The van der Waals surface area contributed by atoms with Crippen LogP contribution in [0.15, 0.2) is 88.2 Å². The second-order valence-corrected chi connectivity index (χ2v) is 10.7. The molecule has 0 bridgehead atoms. The normalized spacial score (nSPS) is 16.3.